The number of nitrogens with zero attached hydrogens (tertiary/aromatic N) is 2. The molecular weight excluding hydrogens is 436 g/mol. The molecule has 34 heavy (non-hydrogen) atoms. The Labute approximate surface area is 196 Å². The van der Waals surface area contributed by atoms with Crippen LogP contribution in [0.5, 0.6) is 0 Å². The molecular formula is C25H24N4O5. The largest absolute Gasteiger partial charge is 0.455 e. The first-order chi connectivity index (χ1) is 16.2. The third-order valence-corrected chi connectivity index (χ3v) is 5.93. The van der Waals surface area contributed by atoms with Gasteiger partial charge in [0.2, 0.25) is 0 Å². The number of carbonyl (C=O) groups excluding carboxylic acids is 2. The van der Waals surface area contributed by atoms with Crippen molar-refractivity contribution in [2.24, 2.45) is 5.10 Å². The van der Waals surface area contributed by atoms with Crippen LogP contribution in [0, 0.1) is 30.9 Å². The van der Waals surface area contributed by atoms with E-state index >= 15 is 0 Å². The lowest BCUT2D eigenvalue weighted by Gasteiger charge is -2.13. The highest BCUT2D eigenvalue weighted by atomic mass is 16.6. The number of nitro benzene ring substituents is 1. The van der Waals surface area contributed by atoms with Gasteiger partial charge in [0.1, 0.15) is 5.76 Å². The maximum atomic E-state index is 12.9. The summed E-state index contributed by atoms with van der Waals surface area (Å²) in [6, 6.07) is 11.0. The molecule has 9 heteroatoms. The molecule has 0 saturated carbocycles. The van der Waals surface area contributed by atoms with E-state index < -0.39 is 10.8 Å². The molecule has 0 fully saturated rings. The molecule has 1 aliphatic carbocycles. The average molecular weight is 460 g/mol. The Kier molecular flexibility index (Phi) is 6.27. The standard InChI is InChI=1S/C25H24N4O5/c1-14-7-10-18(13-15(14)2)26-25(31)23-16(3)22-20(5-4-6-21(22)34-23)27-28-24(30)17-8-11-19(12-9-17)29(32)33/h7-13H,4-6H2,1-3H3,(H,26,31)(H,28,30)/b27-20+. The van der Waals surface area contributed by atoms with Crippen LogP contribution >= 0.6 is 0 Å². The van der Waals surface area contributed by atoms with E-state index in [2.05, 4.69) is 15.8 Å². The van der Waals surface area contributed by atoms with Gasteiger partial charge in [0.15, 0.2) is 5.76 Å². The fraction of sp³-hybridized carbons (Fsp3) is 0.240. The van der Waals surface area contributed by atoms with E-state index in [9.17, 15) is 19.7 Å². The summed E-state index contributed by atoms with van der Waals surface area (Å²) in [7, 11) is 0. The molecule has 1 aliphatic rings. The lowest BCUT2D eigenvalue weighted by molar-refractivity contribution is -0.384. The second kappa shape index (κ2) is 9.30. The number of hydrogen-bond donors (Lipinski definition) is 2. The number of anilines is 1. The average Bonchev–Trinajstić information content (AvgIpc) is 3.17. The summed E-state index contributed by atoms with van der Waals surface area (Å²) >= 11 is 0. The number of fused-ring (bicyclic) bond motifs is 1. The number of non-ortho nitro benzene ring substituents is 1. The van der Waals surface area contributed by atoms with Crippen molar-refractivity contribution in [2.75, 3.05) is 5.32 Å². The lowest BCUT2D eigenvalue weighted by atomic mass is 9.93. The molecule has 3 aromatic rings. The van der Waals surface area contributed by atoms with Crippen molar-refractivity contribution in [3.63, 3.8) is 0 Å². The Morgan fingerprint density at radius 1 is 1.00 bits per heavy atom. The first-order valence-corrected chi connectivity index (χ1v) is 10.9. The normalized spacial score (nSPS) is 13.9. The smallest absolute Gasteiger partial charge is 0.291 e. The van der Waals surface area contributed by atoms with E-state index in [1.54, 1.807) is 6.92 Å². The van der Waals surface area contributed by atoms with Gasteiger partial charge >= 0.3 is 0 Å². The molecule has 174 valence electrons. The number of carbonyl (C=O) groups is 2. The number of nitro groups is 1. The SMILES string of the molecule is Cc1ccc(NC(=O)c2oc3c(c2C)/C(=N/NC(=O)c2ccc([N+](=O)[O-])cc2)CCC3)cc1C. The fourth-order valence-corrected chi connectivity index (χ4v) is 3.92. The van der Waals surface area contributed by atoms with Crippen LogP contribution in [0.15, 0.2) is 52.0 Å². The molecule has 2 aromatic carbocycles. The zero-order valence-corrected chi connectivity index (χ0v) is 19.1. The Balaban J connectivity index is 1.54. The minimum atomic E-state index is -0.527. The Morgan fingerprint density at radius 2 is 1.74 bits per heavy atom. The number of hydrazone groups is 1. The van der Waals surface area contributed by atoms with E-state index in [-0.39, 0.29) is 22.9 Å². The molecule has 0 bridgehead atoms. The summed E-state index contributed by atoms with van der Waals surface area (Å²) < 4.78 is 5.91. The van der Waals surface area contributed by atoms with Gasteiger partial charge in [-0.15, -0.1) is 0 Å². The number of rotatable bonds is 5. The van der Waals surface area contributed by atoms with Crippen molar-refractivity contribution in [1.82, 2.24) is 5.43 Å². The first kappa shape index (κ1) is 22.9. The maximum Gasteiger partial charge on any atom is 0.291 e. The van der Waals surface area contributed by atoms with E-state index in [1.807, 2.05) is 32.0 Å². The predicted octanol–water partition coefficient (Wildman–Crippen LogP) is 4.84. The molecule has 2 N–H and O–H groups in total. The van der Waals surface area contributed by atoms with E-state index in [0.29, 0.717) is 35.6 Å². The van der Waals surface area contributed by atoms with Crippen LogP contribution in [-0.4, -0.2) is 22.4 Å². The third kappa shape index (κ3) is 4.59. The van der Waals surface area contributed by atoms with Gasteiger partial charge in [-0.05, 0) is 69.0 Å². The Hall–Kier alpha value is -4.27. The quantitative estimate of drug-likeness (QED) is 0.416. The molecule has 0 spiro atoms. The number of benzene rings is 2. The molecule has 1 heterocycles. The van der Waals surface area contributed by atoms with Gasteiger partial charge in [-0.1, -0.05) is 6.07 Å². The monoisotopic (exact) mass is 460 g/mol. The van der Waals surface area contributed by atoms with Gasteiger partial charge in [-0.2, -0.15) is 5.10 Å². The highest BCUT2D eigenvalue weighted by molar-refractivity contribution is 6.09. The molecule has 0 unspecified atom stereocenters. The molecule has 4 rings (SSSR count). The first-order valence-electron chi connectivity index (χ1n) is 10.9. The van der Waals surface area contributed by atoms with Crippen LogP contribution in [0.25, 0.3) is 0 Å². The molecule has 0 atom stereocenters. The van der Waals surface area contributed by atoms with Crippen LogP contribution in [0.2, 0.25) is 0 Å². The molecule has 0 aliphatic heterocycles. The second-order valence-electron chi connectivity index (χ2n) is 8.26. The zero-order chi connectivity index (χ0) is 24.4. The minimum Gasteiger partial charge on any atom is -0.455 e. The third-order valence-electron chi connectivity index (χ3n) is 5.93. The Morgan fingerprint density at radius 3 is 2.41 bits per heavy atom. The Bertz CT molecular complexity index is 1320. The summed E-state index contributed by atoms with van der Waals surface area (Å²) in [4.78, 5) is 35.6. The van der Waals surface area contributed by atoms with Crippen molar-refractivity contribution in [2.45, 2.75) is 40.0 Å². The fourth-order valence-electron chi connectivity index (χ4n) is 3.92. The number of hydrogen-bond acceptors (Lipinski definition) is 6. The highest BCUT2D eigenvalue weighted by Gasteiger charge is 2.28. The topological polar surface area (TPSA) is 127 Å². The number of nitrogens with one attached hydrogen (secondary N) is 2. The van der Waals surface area contributed by atoms with Gasteiger partial charge in [0.05, 0.1) is 10.6 Å². The summed E-state index contributed by atoms with van der Waals surface area (Å²) in [6.07, 6.45) is 2.05. The highest BCUT2D eigenvalue weighted by Crippen LogP contribution is 2.30. The van der Waals surface area contributed by atoms with Crippen LogP contribution in [0.1, 0.15) is 61.8 Å². The maximum absolute atomic E-state index is 12.9. The zero-order valence-electron chi connectivity index (χ0n) is 19.1. The molecule has 2 amide bonds. The van der Waals surface area contributed by atoms with Gasteiger partial charge in [-0.25, -0.2) is 5.43 Å². The summed E-state index contributed by atoms with van der Waals surface area (Å²) in [5.74, 6) is 0.0599. The minimum absolute atomic E-state index is 0.0968. The van der Waals surface area contributed by atoms with Crippen molar-refractivity contribution in [3.05, 3.63) is 91.9 Å². The number of furan rings is 1. The van der Waals surface area contributed by atoms with Gasteiger partial charge in [0.25, 0.3) is 17.5 Å². The van der Waals surface area contributed by atoms with Crippen LogP contribution in [0.4, 0.5) is 11.4 Å². The van der Waals surface area contributed by atoms with E-state index in [0.717, 1.165) is 23.1 Å². The predicted molar refractivity (Wildman–Crippen MR) is 127 cm³/mol. The second-order valence-corrected chi connectivity index (χ2v) is 8.26. The summed E-state index contributed by atoms with van der Waals surface area (Å²) in [6.45, 7) is 5.79. The summed E-state index contributed by atoms with van der Waals surface area (Å²) in [5.41, 5.74) is 7.60. The lowest BCUT2D eigenvalue weighted by Crippen LogP contribution is -2.22. The molecule has 1 aromatic heterocycles. The van der Waals surface area contributed by atoms with Crippen molar-refractivity contribution in [3.8, 4) is 0 Å². The molecule has 0 radical (unpaired) electrons. The number of aryl methyl sites for hydroxylation is 3. The van der Waals surface area contributed by atoms with Gasteiger partial charge in [0, 0.05) is 40.9 Å². The number of amides is 2. The van der Waals surface area contributed by atoms with Crippen LogP contribution in [-0.2, 0) is 6.42 Å². The van der Waals surface area contributed by atoms with Gasteiger partial charge < -0.3 is 9.73 Å². The molecule has 9 nitrogen and oxygen atoms in total. The van der Waals surface area contributed by atoms with Crippen molar-refractivity contribution in [1.29, 1.82) is 0 Å². The molecule has 0 saturated heterocycles. The van der Waals surface area contributed by atoms with E-state index in [4.69, 9.17) is 4.42 Å². The van der Waals surface area contributed by atoms with Crippen LogP contribution in [0.3, 0.4) is 0 Å². The van der Waals surface area contributed by atoms with Crippen LogP contribution < -0.4 is 10.7 Å². The summed E-state index contributed by atoms with van der Waals surface area (Å²) in [5, 5.41) is 18.0. The van der Waals surface area contributed by atoms with Crippen molar-refractivity contribution >= 4 is 28.9 Å². The van der Waals surface area contributed by atoms with Crippen molar-refractivity contribution < 1.29 is 18.9 Å². The van der Waals surface area contributed by atoms with E-state index in [1.165, 1.54) is 24.3 Å². The van der Waals surface area contributed by atoms with Gasteiger partial charge in [-0.3, -0.25) is 19.7 Å².